The average Bonchev–Trinajstić information content (AvgIpc) is 2.99. The van der Waals surface area contributed by atoms with Crippen LogP contribution in [0.2, 0.25) is 0 Å². The molecule has 1 aliphatic rings. The molecule has 1 unspecified atom stereocenters. The number of aromatic nitrogens is 3. The summed E-state index contributed by atoms with van der Waals surface area (Å²) in [7, 11) is 0. The first-order chi connectivity index (χ1) is 8.36. The zero-order chi connectivity index (χ0) is 11.7. The van der Waals surface area contributed by atoms with Crippen LogP contribution in [0.4, 0.5) is 0 Å². The second kappa shape index (κ2) is 4.43. The lowest BCUT2D eigenvalue weighted by Crippen LogP contribution is -2.12. The third kappa shape index (κ3) is 2.03. The summed E-state index contributed by atoms with van der Waals surface area (Å²) in [5, 5.41) is 11.8. The SMILES string of the molecule is NCc1ccc2nnc(CC3CCNC3)n2c1. The maximum Gasteiger partial charge on any atom is 0.160 e. The number of fused-ring (bicyclic) bond motifs is 1. The predicted molar refractivity (Wildman–Crippen MR) is 65.6 cm³/mol. The largest absolute Gasteiger partial charge is 0.326 e. The smallest absolute Gasteiger partial charge is 0.160 e. The molecule has 0 aliphatic carbocycles. The molecule has 1 saturated heterocycles. The molecule has 1 fully saturated rings. The highest BCUT2D eigenvalue weighted by Crippen LogP contribution is 2.15. The van der Waals surface area contributed by atoms with Crippen molar-refractivity contribution in [3.8, 4) is 0 Å². The van der Waals surface area contributed by atoms with E-state index >= 15 is 0 Å². The number of nitrogens with two attached hydrogens (primary N) is 1. The van der Waals surface area contributed by atoms with E-state index < -0.39 is 0 Å². The Balaban J connectivity index is 1.92. The summed E-state index contributed by atoms with van der Waals surface area (Å²) in [6, 6.07) is 3.98. The van der Waals surface area contributed by atoms with Gasteiger partial charge in [-0.25, -0.2) is 0 Å². The molecule has 0 aromatic carbocycles. The van der Waals surface area contributed by atoms with Crippen molar-refractivity contribution in [3.05, 3.63) is 29.7 Å². The average molecular weight is 231 g/mol. The number of nitrogens with one attached hydrogen (secondary N) is 1. The van der Waals surface area contributed by atoms with Crippen LogP contribution in [-0.2, 0) is 13.0 Å². The lowest BCUT2D eigenvalue weighted by molar-refractivity contribution is 0.558. The Morgan fingerprint density at radius 3 is 3.12 bits per heavy atom. The molecule has 2 aromatic heterocycles. The van der Waals surface area contributed by atoms with E-state index in [1.807, 2.05) is 18.3 Å². The van der Waals surface area contributed by atoms with Gasteiger partial charge in [0.2, 0.25) is 0 Å². The third-order valence-electron chi connectivity index (χ3n) is 3.40. The monoisotopic (exact) mass is 231 g/mol. The predicted octanol–water partition coefficient (Wildman–Crippen LogP) is 0.340. The molecule has 1 atom stereocenters. The Labute approximate surface area is 100 Å². The van der Waals surface area contributed by atoms with E-state index in [9.17, 15) is 0 Å². The standard InChI is InChI=1S/C12H17N5/c13-6-10-1-2-11-15-16-12(17(11)8-10)5-9-3-4-14-7-9/h1-2,8-9,14H,3-7,13H2. The van der Waals surface area contributed by atoms with Gasteiger partial charge in [-0.2, -0.15) is 0 Å². The van der Waals surface area contributed by atoms with Gasteiger partial charge in [-0.1, -0.05) is 6.07 Å². The first kappa shape index (κ1) is 10.7. The Kier molecular flexibility index (Phi) is 2.78. The van der Waals surface area contributed by atoms with Crippen LogP contribution < -0.4 is 11.1 Å². The van der Waals surface area contributed by atoms with Gasteiger partial charge in [0.15, 0.2) is 5.65 Å². The molecule has 0 spiro atoms. The molecule has 3 heterocycles. The van der Waals surface area contributed by atoms with Crippen molar-refractivity contribution in [1.29, 1.82) is 0 Å². The minimum absolute atomic E-state index is 0.554. The van der Waals surface area contributed by atoms with Crippen molar-refractivity contribution in [1.82, 2.24) is 19.9 Å². The second-order valence-electron chi connectivity index (χ2n) is 4.65. The fourth-order valence-electron chi connectivity index (χ4n) is 2.39. The minimum atomic E-state index is 0.554. The zero-order valence-corrected chi connectivity index (χ0v) is 9.76. The minimum Gasteiger partial charge on any atom is -0.326 e. The van der Waals surface area contributed by atoms with E-state index in [2.05, 4.69) is 19.9 Å². The van der Waals surface area contributed by atoms with Gasteiger partial charge in [-0.3, -0.25) is 4.40 Å². The highest BCUT2D eigenvalue weighted by atomic mass is 15.2. The first-order valence-electron chi connectivity index (χ1n) is 6.10. The molecule has 0 bridgehead atoms. The normalized spacial score (nSPS) is 20.2. The molecule has 1 aliphatic heterocycles. The van der Waals surface area contributed by atoms with E-state index in [-0.39, 0.29) is 0 Å². The van der Waals surface area contributed by atoms with Crippen LogP contribution in [0.1, 0.15) is 17.8 Å². The summed E-state index contributed by atoms with van der Waals surface area (Å²) in [4.78, 5) is 0. The van der Waals surface area contributed by atoms with Crippen LogP contribution in [0.25, 0.3) is 5.65 Å². The van der Waals surface area contributed by atoms with Crippen LogP contribution in [0.3, 0.4) is 0 Å². The van der Waals surface area contributed by atoms with Crippen molar-refractivity contribution in [2.24, 2.45) is 11.7 Å². The lowest BCUT2D eigenvalue weighted by atomic mass is 10.0. The summed E-state index contributed by atoms with van der Waals surface area (Å²) in [6.45, 7) is 2.76. The van der Waals surface area contributed by atoms with Crippen LogP contribution in [0, 0.1) is 5.92 Å². The summed E-state index contributed by atoms with van der Waals surface area (Å²) >= 11 is 0. The van der Waals surface area contributed by atoms with Gasteiger partial charge in [-0.15, -0.1) is 10.2 Å². The van der Waals surface area contributed by atoms with Gasteiger partial charge < -0.3 is 11.1 Å². The molecule has 17 heavy (non-hydrogen) atoms. The second-order valence-corrected chi connectivity index (χ2v) is 4.65. The van der Waals surface area contributed by atoms with Crippen molar-refractivity contribution in [3.63, 3.8) is 0 Å². The fraction of sp³-hybridized carbons (Fsp3) is 0.500. The van der Waals surface area contributed by atoms with E-state index in [1.165, 1.54) is 6.42 Å². The maximum absolute atomic E-state index is 5.66. The van der Waals surface area contributed by atoms with Gasteiger partial charge in [-0.05, 0) is 37.1 Å². The number of rotatable bonds is 3. The summed E-state index contributed by atoms with van der Waals surface area (Å²) in [5.74, 6) is 1.73. The number of hydrogen-bond donors (Lipinski definition) is 2. The van der Waals surface area contributed by atoms with Crippen molar-refractivity contribution >= 4 is 5.65 Å². The van der Waals surface area contributed by atoms with Gasteiger partial charge in [0.05, 0.1) is 0 Å². The fourth-order valence-corrected chi connectivity index (χ4v) is 2.39. The molecule has 0 amide bonds. The van der Waals surface area contributed by atoms with Gasteiger partial charge >= 0.3 is 0 Å². The van der Waals surface area contributed by atoms with Crippen LogP contribution in [0.15, 0.2) is 18.3 Å². The van der Waals surface area contributed by atoms with E-state index in [1.54, 1.807) is 0 Å². The van der Waals surface area contributed by atoms with E-state index in [0.29, 0.717) is 12.5 Å². The molecule has 3 N–H and O–H groups in total. The Bertz CT molecular complexity index is 513. The van der Waals surface area contributed by atoms with E-state index in [0.717, 1.165) is 36.5 Å². The quantitative estimate of drug-likeness (QED) is 0.799. The lowest BCUT2D eigenvalue weighted by Gasteiger charge is -2.06. The number of nitrogens with zero attached hydrogens (tertiary/aromatic N) is 3. The van der Waals surface area contributed by atoms with Crippen LogP contribution >= 0.6 is 0 Å². The molecule has 90 valence electrons. The molecule has 5 heteroatoms. The highest BCUT2D eigenvalue weighted by Gasteiger charge is 2.17. The van der Waals surface area contributed by atoms with Gasteiger partial charge in [0.25, 0.3) is 0 Å². The zero-order valence-electron chi connectivity index (χ0n) is 9.76. The van der Waals surface area contributed by atoms with Gasteiger partial charge in [0.1, 0.15) is 5.82 Å². The van der Waals surface area contributed by atoms with Crippen molar-refractivity contribution < 1.29 is 0 Å². The molecule has 5 nitrogen and oxygen atoms in total. The topological polar surface area (TPSA) is 68.2 Å². The summed E-state index contributed by atoms with van der Waals surface area (Å²) in [6.07, 6.45) is 4.26. The molecule has 0 radical (unpaired) electrons. The summed E-state index contributed by atoms with van der Waals surface area (Å²) < 4.78 is 2.07. The van der Waals surface area contributed by atoms with Crippen molar-refractivity contribution in [2.75, 3.05) is 13.1 Å². The van der Waals surface area contributed by atoms with E-state index in [4.69, 9.17) is 5.73 Å². The van der Waals surface area contributed by atoms with Crippen molar-refractivity contribution in [2.45, 2.75) is 19.4 Å². The highest BCUT2D eigenvalue weighted by molar-refractivity contribution is 5.39. The molecule has 3 rings (SSSR count). The Hall–Kier alpha value is -1.46. The van der Waals surface area contributed by atoms with Crippen LogP contribution in [-0.4, -0.2) is 27.7 Å². The molecular formula is C12H17N5. The molecular weight excluding hydrogens is 214 g/mol. The third-order valence-corrected chi connectivity index (χ3v) is 3.40. The van der Waals surface area contributed by atoms with Crippen LogP contribution in [0.5, 0.6) is 0 Å². The number of pyridine rings is 1. The molecule has 0 saturated carbocycles. The van der Waals surface area contributed by atoms with Gasteiger partial charge in [0, 0.05) is 19.2 Å². The maximum atomic E-state index is 5.66. The molecule has 2 aromatic rings. The first-order valence-corrected chi connectivity index (χ1v) is 6.10. The number of hydrogen-bond acceptors (Lipinski definition) is 4. The summed E-state index contributed by atoms with van der Waals surface area (Å²) in [5.41, 5.74) is 7.68. The Morgan fingerprint density at radius 1 is 1.41 bits per heavy atom. The Morgan fingerprint density at radius 2 is 2.35 bits per heavy atom.